The van der Waals surface area contributed by atoms with Gasteiger partial charge in [-0.25, -0.2) is 0 Å². The summed E-state index contributed by atoms with van der Waals surface area (Å²) in [6.07, 6.45) is 5.70. The molecule has 0 amide bonds. The van der Waals surface area contributed by atoms with Crippen molar-refractivity contribution < 1.29 is 4.74 Å². The summed E-state index contributed by atoms with van der Waals surface area (Å²) in [5, 5.41) is 3.33. The molecule has 1 rings (SSSR count). The minimum absolute atomic E-state index is 0.752. The maximum Gasteiger partial charge on any atom is 0.137 e. The number of nitrogens with one attached hydrogen (secondary N) is 1. The molecule has 3 heteroatoms. The van der Waals surface area contributed by atoms with E-state index in [4.69, 9.17) is 4.74 Å². The van der Waals surface area contributed by atoms with E-state index < -0.39 is 0 Å². The molecule has 0 bridgehead atoms. The van der Waals surface area contributed by atoms with E-state index in [0.29, 0.717) is 0 Å². The van der Waals surface area contributed by atoms with Gasteiger partial charge in [0.25, 0.3) is 0 Å². The molecule has 0 aliphatic rings. The molecule has 0 saturated heterocycles. The summed E-state index contributed by atoms with van der Waals surface area (Å²) in [5.74, 6) is 0.850. The summed E-state index contributed by atoms with van der Waals surface area (Å²) in [7, 11) is 0. The maximum absolute atomic E-state index is 5.48. The van der Waals surface area contributed by atoms with Gasteiger partial charge in [0.1, 0.15) is 5.75 Å². The van der Waals surface area contributed by atoms with Crippen molar-refractivity contribution in [1.82, 2.24) is 10.3 Å². The van der Waals surface area contributed by atoms with Crippen LogP contribution in [0.15, 0.2) is 24.5 Å². The molecule has 1 N–H and O–H groups in total. The Hall–Kier alpha value is -1.09. The van der Waals surface area contributed by atoms with Crippen LogP contribution in [0.1, 0.15) is 19.8 Å². The zero-order valence-electron chi connectivity index (χ0n) is 8.70. The maximum atomic E-state index is 5.48. The van der Waals surface area contributed by atoms with Crippen LogP contribution >= 0.6 is 0 Å². The van der Waals surface area contributed by atoms with Gasteiger partial charge in [-0.2, -0.15) is 0 Å². The lowest BCUT2D eigenvalue weighted by Crippen LogP contribution is -2.18. The minimum atomic E-state index is 0.752. The van der Waals surface area contributed by atoms with Crippen LogP contribution < -0.4 is 10.1 Å². The van der Waals surface area contributed by atoms with E-state index in [2.05, 4.69) is 17.2 Å². The predicted octanol–water partition coefficient (Wildman–Crippen LogP) is 1.85. The molecule has 0 radical (unpaired) electrons. The molecule has 1 heterocycles. The van der Waals surface area contributed by atoms with Crippen molar-refractivity contribution in [2.45, 2.75) is 19.8 Å². The van der Waals surface area contributed by atoms with Gasteiger partial charge in [-0.1, -0.05) is 6.92 Å². The molecule has 0 fully saturated rings. The highest BCUT2D eigenvalue weighted by Gasteiger charge is 1.91. The van der Waals surface area contributed by atoms with E-state index >= 15 is 0 Å². The predicted molar refractivity (Wildman–Crippen MR) is 57.5 cm³/mol. The van der Waals surface area contributed by atoms with Crippen molar-refractivity contribution in [3.8, 4) is 5.75 Å². The summed E-state index contributed by atoms with van der Waals surface area (Å²) in [5.41, 5.74) is 0. The largest absolute Gasteiger partial charge is 0.492 e. The van der Waals surface area contributed by atoms with Crippen molar-refractivity contribution in [3.05, 3.63) is 24.5 Å². The Labute approximate surface area is 85.5 Å². The molecule has 0 atom stereocenters. The first kappa shape index (κ1) is 11.0. The second kappa shape index (κ2) is 7.33. The number of ether oxygens (including phenoxy) is 1. The zero-order valence-corrected chi connectivity index (χ0v) is 8.70. The average Bonchev–Trinajstić information content (AvgIpc) is 2.25. The summed E-state index contributed by atoms with van der Waals surface area (Å²) >= 11 is 0. The van der Waals surface area contributed by atoms with Gasteiger partial charge in [-0.3, -0.25) is 4.98 Å². The highest BCUT2D eigenvalue weighted by Crippen LogP contribution is 2.05. The molecule has 78 valence electrons. The monoisotopic (exact) mass is 194 g/mol. The molecule has 1 aromatic rings. The van der Waals surface area contributed by atoms with Gasteiger partial charge in [0.15, 0.2) is 0 Å². The fourth-order valence-electron chi connectivity index (χ4n) is 1.12. The van der Waals surface area contributed by atoms with Gasteiger partial charge in [-0.05, 0) is 38.1 Å². The van der Waals surface area contributed by atoms with E-state index in [0.717, 1.165) is 31.9 Å². The van der Waals surface area contributed by atoms with Crippen molar-refractivity contribution >= 4 is 0 Å². The van der Waals surface area contributed by atoms with Crippen LogP contribution in [0.25, 0.3) is 0 Å². The smallest absolute Gasteiger partial charge is 0.137 e. The molecular weight excluding hydrogens is 176 g/mol. The fourth-order valence-corrected chi connectivity index (χ4v) is 1.12. The van der Waals surface area contributed by atoms with E-state index in [1.54, 1.807) is 12.4 Å². The first-order valence-electron chi connectivity index (χ1n) is 5.17. The lowest BCUT2D eigenvalue weighted by atomic mass is 10.4. The lowest BCUT2D eigenvalue weighted by Gasteiger charge is -2.05. The third-order valence-electron chi connectivity index (χ3n) is 1.83. The SMILES string of the molecule is CCCNCCCOc1cccnc1. The highest BCUT2D eigenvalue weighted by molar-refractivity contribution is 5.15. The van der Waals surface area contributed by atoms with Gasteiger partial charge in [-0.15, -0.1) is 0 Å². The van der Waals surface area contributed by atoms with Gasteiger partial charge < -0.3 is 10.1 Å². The summed E-state index contributed by atoms with van der Waals surface area (Å²) in [6, 6.07) is 3.80. The second-order valence-corrected chi connectivity index (χ2v) is 3.14. The molecule has 3 nitrogen and oxygen atoms in total. The van der Waals surface area contributed by atoms with Gasteiger partial charge in [0.2, 0.25) is 0 Å². The van der Waals surface area contributed by atoms with E-state index in [9.17, 15) is 0 Å². The third-order valence-corrected chi connectivity index (χ3v) is 1.83. The quantitative estimate of drug-likeness (QED) is 0.673. The standard InChI is InChI=1S/C11H18N2O/c1-2-6-12-8-4-9-14-11-5-3-7-13-10-11/h3,5,7,10,12H,2,4,6,8-9H2,1H3. The summed E-state index contributed by atoms with van der Waals surface area (Å²) < 4.78 is 5.48. The topological polar surface area (TPSA) is 34.1 Å². The normalized spacial score (nSPS) is 10.1. The highest BCUT2D eigenvalue weighted by atomic mass is 16.5. The first-order valence-corrected chi connectivity index (χ1v) is 5.17. The Kier molecular flexibility index (Phi) is 5.75. The number of aromatic nitrogens is 1. The third kappa shape index (κ3) is 4.82. The van der Waals surface area contributed by atoms with Crippen LogP contribution in [0.5, 0.6) is 5.75 Å². The van der Waals surface area contributed by atoms with Crippen LogP contribution in [-0.4, -0.2) is 24.7 Å². The molecule has 0 spiro atoms. The molecular formula is C11H18N2O. The minimum Gasteiger partial charge on any atom is -0.492 e. The average molecular weight is 194 g/mol. The second-order valence-electron chi connectivity index (χ2n) is 3.14. The Morgan fingerprint density at radius 1 is 1.43 bits per heavy atom. The summed E-state index contributed by atoms with van der Waals surface area (Å²) in [6.45, 7) is 5.03. The number of nitrogens with zero attached hydrogens (tertiary/aromatic N) is 1. The molecule has 0 aromatic carbocycles. The molecule has 1 aromatic heterocycles. The first-order chi connectivity index (χ1) is 6.93. The van der Waals surface area contributed by atoms with Crippen LogP contribution in [0.2, 0.25) is 0 Å². The van der Waals surface area contributed by atoms with Crippen LogP contribution in [0, 0.1) is 0 Å². The van der Waals surface area contributed by atoms with E-state index in [1.165, 1.54) is 6.42 Å². The Bertz CT molecular complexity index is 226. The van der Waals surface area contributed by atoms with Crippen LogP contribution in [0.3, 0.4) is 0 Å². The van der Waals surface area contributed by atoms with Gasteiger partial charge in [0, 0.05) is 6.20 Å². The van der Waals surface area contributed by atoms with Gasteiger partial charge in [0.05, 0.1) is 12.8 Å². The molecule has 0 unspecified atom stereocenters. The van der Waals surface area contributed by atoms with E-state index in [-0.39, 0.29) is 0 Å². The number of pyridine rings is 1. The van der Waals surface area contributed by atoms with Crippen molar-refractivity contribution in [1.29, 1.82) is 0 Å². The number of hydrogen-bond donors (Lipinski definition) is 1. The molecule has 0 aliphatic heterocycles. The number of rotatable bonds is 7. The van der Waals surface area contributed by atoms with Crippen molar-refractivity contribution in [2.24, 2.45) is 0 Å². The Morgan fingerprint density at radius 2 is 2.36 bits per heavy atom. The lowest BCUT2D eigenvalue weighted by molar-refractivity contribution is 0.307. The number of hydrogen-bond acceptors (Lipinski definition) is 3. The Morgan fingerprint density at radius 3 is 3.07 bits per heavy atom. The molecule has 0 saturated carbocycles. The Balaban J connectivity index is 1.99. The van der Waals surface area contributed by atoms with Crippen molar-refractivity contribution in [3.63, 3.8) is 0 Å². The van der Waals surface area contributed by atoms with Gasteiger partial charge >= 0.3 is 0 Å². The zero-order chi connectivity index (χ0) is 10.1. The molecule has 0 aliphatic carbocycles. The fraction of sp³-hybridized carbons (Fsp3) is 0.545. The van der Waals surface area contributed by atoms with Crippen LogP contribution in [-0.2, 0) is 0 Å². The summed E-state index contributed by atoms with van der Waals surface area (Å²) in [4.78, 5) is 3.97. The van der Waals surface area contributed by atoms with Crippen LogP contribution in [0.4, 0.5) is 0 Å². The van der Waals surface area contributed by atoms with Crippen molar-refractivity contribution in [2.75, 3.05) is 19.7 Å². The molecule has 14 heavy (non-hydrogen) atoms. The van der Waals surface area contributed by atoms with E-state index in [1.807, 2.05) is 12.1 Å².